The number of nitrogens with zero attached hydrogens (tertiary/aromatic N) is 1. The van der Waals surface area contributed by atoms with Crippen LogP contribution in [-0.2, 0) is 4.79 Å². The van der Waals surface area contributed by atoms with E-state index >= 15 is 0 Å². The van der Waals surface area contributed by atoms with Crippen LogP contribution in [0.1, 0.15) is 52.9 Å². The van der Waals surface area contributed by atoms with Crippen molar-refractivity contribution in [2.24, 2.45) is 0 Å². The lowest BCUT2D eigenvalue weighted by molar-refractivity contribution is -0.122. The van der Waals surface area contributed by atoms with Crippen molar-refractivity contribution in [3.8, 4) is 0 Å². The number of amides is 1. The Hall–Kier alpha value is -0.570. The first-order chi connectivity index (χ1) is 7.63. The molecule has 0 aliphatic carbocycles. The summed E-state index contributed by atoms with van der Waals surface area (Å²) in [7, 11) is 0. The standard InChI is InChI=1S/C13H26N2O/c1-4-7-13(16)14-12-8-5-6-9-15(10-12)11(2)3/h11-12H,4-10H2,1-3H3,(H,14,16). The number of likely N-dealkylation sites (tertiary alicyclic amines) is 1. The van der Waals surface area contributed by atoms with Gasteiger partial charge in [-0.15, -0.1) is 0 Å². The zero-order valence-electron chi connectivity index (χ0n) is 11.0. The SMILES string of the molecule is CCCC(=O)NC1CCCCN(C(C)C)C1. The maximum absolute atomic E-state index is 11.6. The van der Waals surface area contributed by atoms with Crippen LogP contribution in [0, 0.1) is 0 Å². The number of nitrogens with one attached hydrogen (secondary N) is 1. The zero-order valence-corrected chi connectivity index (χ0v) is 11.0. The van der Waals surface area contributed by atoms with Crippen molar-refractivity contribution < 1.29 is 4.79 Å². The van der Waals surface area contributed by atoms with Crippen LogP contribution in [0.4, 0.5) is 0 Å². The van der Waals surface area contributed by atoms with Gasteiger partial charge in [-0.3, -0.25) is 9.69 Å². The average Bonchev–Trinajstić information content (AvgIpc) is 2.43. The van der Waals surface area contributed by atoms with Crippen LogP contribution in [0.5, 0.6) is 0 Å². The Bertz CT molecular complexity index is 216. The summed E-state index contributed by atoms with van der Waals surface area (Å²) in [6.07, 6.45) is 5.24. The van der Waals surface area contributed by atoms with Gasteiger partial charge < -0.3 is 5.32 Å². The number of carbonyl (C=O) groups is 1. The van der Waals surface area contributed by atoms with Crippen LogP contribution in [-0.4, -0.2) is 36.0 Å². The van der Waals surface area contributed by atoms with Crippen molar-refractivity contribution in [1.82, 2.24) is 10.2 Å². The maximum Gasteiger partial charge on any atom is 0.220 e. The zero-order chi connectivity index (χ0) is 12.0. The summed E-state index contributed by atoms with van der Waals surface area (Å²) in [6, 6.07) is 0.952. The fourth-order valence-electron chi connectivity index (χ4n) is 2.29. The normalized spacial score (nSPS) is 23.1. The number of rotatable bonds is 4. The molecular formula is C13H26N2O. The minimum Gasteiger partial charge on any atom is -0.352 e. The Labute approximate surface area is 99.6 Å². The van der Waals surface area contributed by atoms with Crippen LogP contribution in [0.25, 0.3) is 0 Å². The van der Waals surface area contributed by atoms with Crippen LogP contribution in [0.3, 0.4) is 0 Å². The third-order valence-electron chi connectivity index (χ3n) is 3.28. The van der Waals surface area contributed by atoms with Crippen LogP contribution in [0.15, 0.2) is 0 Å². The van der Waals surface area contributed by atoms with Crippen molar-refractivity contribution in [3.63, 3.8) is 0 Å². The van der Waals surface area contributed by atoms with Gasteiger partial charge in [0.2, 0.25) is 5.91 Å². The lowest BCUT2D eigenvalue weighted by Crippen LogP contribution is -2.44. The summed E-state index contributed by atoms with van der Waals surface area (Å²) in [6.45, 7) is 8.71. The summed E-state index contributed by atoms with van der Waals surface area (Å²) in [5, 5.41) is 3.16. The van der Waals surface area contributed by atoms with Gasteiger partial charge in [-0.25, -0.2) is 0 Å². The molecule has 3 nitrogen and oxygen atoms in total. The van der Waals surface area contributed by atoms with Gasteiger partial charge in [0.05, 0.1) is 0 Å². The van der Waals surface area contributed by atoms with E-state index < -0.39 is 0 Å². The predicted molar refractivity (Wildman–Crippen MR) is 67.4 cm³/mol. The molecule has 0 bridgehead atoms. The third-order valence-corrected chi connectivity index (χ3v) is 3.28. The molecule has 0 spiro atoms. The van der Waals surface area contributed by atoms with Crippen molar-refractivity contribution in [1.29, 1.82) is 0 Å². The number of hydrogen-bond donors (Lipinski definition) is 1. The topological polar surface area (TPSA) is 32.3 Å². The third kappa shape index (κ3) is 4.52. The molecule has 1 heterocycles. The van der Waals surface area contributed by atoms with Crippen molar-refractivity contribution >= 4 is 5.91 Å². The van der Waals surface area contributed by atoms with Gasteiger partial charge in [-0.2, -0.15) is 0 Å². The molecule has 94 valence electrons. The highest BCUT2D eigenvalue weighted by Crippen LogP contribution is 2.13. The van der Waals surface area contributed by atoms with E-state index in [4.69, 9.17) is 0 Å². The van der Waals surface area contributed by atoms with Gasteiger partial charge in [-0.1, -0.05) is 13.3 Å². The van der Waals surface area contributed by atoms with E-state index in [-0.39, 0.29) is 5.91 Å². The summed E-state index contributed by atoms with van der Waals surface area (Å²) < 4.78 is 0. The minimum atomic E-state index is 0.220. The van der Waals surface area contributed by atoms with E-state index in [1.165, 1.54) is 19.4 Å². The monoisotopic (exact) mass is 226 g/mol. The predicted octanol–water partition coefficient (Wildman–Crippen LogP) is 2.17. The van der Waals surface area contributed by atoms with E-state index in [0.717, 1.165) is 19.4 Å². The average molecular weight is 226 g/mol. The molecule has 1 unspecified atom stereocenters. The van der Waals surface area contributed by atoms with Crippen LogP contribution < -0.4 is 5.32 Å². The Kier molecular flexibility index (Phi) is 5.81. The fraction of sp³-hybridized carbons (Fsp3) is 0.923. The van der Waals surface area contributed by atoms with Gasteiger partial charge in [-0.05, 0) is 39.7 Å². The van der Waals surface area contributed by atoms with Crippen molar-refractivity contribution in [2.45, 2.75) is 65.0 Å². The Morgan fingerprint density at radius 2 is 2.19 bits per heavy atom. The Morgan fingerprint density at radius 3 is 2.81 bits per heavy atom. The van der Waals surface area contributed by atoms with E-state index in [1.807, 2.05) is 6.92 Å². The highest BCUT2D eigenvalue weighted by atomic mass is 16.1. The maximum atomic E-state index is 11.6. The van der Waals surface area contributed by atoms with E-state index in [2.05, 4.69) is 24.1 Å². The highest BCUT2D eigenvalue weighted by molar-refractivity contribution is 5.76. The van der Waals surface area contributed by atoms with Gasteiger partial charge in [0.1, 0.15) is 0 Å². The van der Waals surface area contributed by atoms with Gasteiger partial charge in [0.25, 0.3) is 0 Å². The van der Waals surface area contributed by atoms with Crippen LogP contribution >= 0.6 is 0 Å². The second kappa shape index (κ2) is 6.89. The molecule has 1 atom stereocenters. The first-order valence-corrected chi connectivity index (χ1v) is 6.67. The first kappa shape index (κ1) is 13.5. The molecule has 0 saturated carbocycles. The quantitative estimate of drug-likeness (QED) is 0.797. The second-order valence-electron chi connectivity index (χ2n) is 5.10. The molecule has 3 heteroatoms. The van der Waals surface area contributed by atoms with E-state index in [0.29, 0.717) is 18.5 Å². The summed E-state index contributed by atoms with van der Waals surface area (Å²) in [5.74, 6) is 0.220. The molecule has 0 aromatic carbocycles. The largest absolute Gasteiger partial charge is 0.352 e. The fourth-order valence-corrected chi connectivity index (χ4v) is 2.29. The van der Waals surface area contributed by atoms with Gasteiger partial charge in [0.15, 0.2) is 0 Å². The molecular weight excluding hydrogens is 200 g/mol. The molecule has 1 aliphatic rings. The smallest absolute Gasteiger partial charge is 0.220 e. The number of carbonyl (C=O) groups excluding carboxylic acids is 1. The molecule has 1 aliphatic heterocycles. The first-order valence-electron chi connectivity index (χ1n) is 6.67. The summed E-state index contributed by atoms with van der Waals surface area (Å²) in [5.41, 5.74) is 0. The van der Waals surface area contributed by atoms with Gasteiger partial charge in [0, 0.05) is 25.0 Å². The molecule has 1 rings (SSSR count). The Balaban J connectivity index is 2.42. The highest BCUT2D eigenvalue weighted by Gasteiger charge is 2.20. The minimum absolute atomic E-state index is 0.220. The molecule has 16 heavy (non-hydrogen) atoms. The molecule has 1 saturated heterocycles. The molecule has 1 amide bonds. The van der Waals surface area contributed by atoms with Gasteiger partial charge >= 0.3 is 0 Å². The van der Waals surface area contributed by atoms with Crippen molar-refractivity contribution in [2.75, 3.05) is 13.1 Å². The molecule has 0 aromatic heterocycles. The molecule has 0 aromatic rings. The van der Waals surface area contributed by atoms with Crippen molar-refractivity contribution in [3.05, 3.63) is 0 Å². The molecule has 1 N–H and O–H groups in total. The second-order valence-corrected chi connectivity index (χ2v) is 5.10. The van der Waals surface area contributed by atoms with E-state index in [9.17, 15) is 4.79 Å². The van der Waals surface area contributed by atoms with E-state index in [1.54, 1.807) is 0 Å². The Morgan fingerprint density at radius 1 is 1.44 bits per heavy atom. The number of hydrogen-bond acceptors (Lipinski definition) is 2. The van der Waals surface area contributed by atoms with Crippen LogP contribution in [0.2, 0.25) is 0 Å². The lowest BCUT2D eigenvalue weighted by atomic mass is 10.1. The molecule has 1 fully saturated rings. The lowest BCUT2D eigenvalue weighted by Gasteiger charge is -2.28. The summed E-state index contributed by atoms with van der Waals surface area (Å²) >= 11 is 0. The molecule has 0 radical (unpaired) electrons. The summed E-state index contributed by atoms with van der Waals surface area (Å²) in [4.78, 5) is 14.0.